The molecule has 7 heteroatoms. The molecule has 0 saturated heterocycles. The SMILES string of the molecule is Cc1cc(CN(C)C(=O)NCc2ccc3c(c2)nc(C)n3C)no1. The summed E-state index contributed by atoms with van der Waals surface area (Å²) in [6, 6.07) is 7.70. The van der Waals surface area contributed by atoms with Crippen molar-refractivity contribution in [3.8, 4) is 0 Å². The molecule has 0 aliphatic carbocycles. The van der Waals surface area contributed by atoms with Crippen LogP contribution in [0, 0.1) is 13.8 Å². The van der Waals surface area contributed by atoms with Gasteiger partial charge < -0.3 is 19.3 Å². The molecular formula is C17H21N5O2. The van der Waals surface area contributed by atoms with Crippen molar-refractivity contribution in [2.24, 2.45) is 7.05 Å². The van der Waals surface area contributed by atoms with Crippen molar-refractivity contribution in [1.82, 2.24) is 24.9 Å². The lowest BCUT2D eigenvalue weighted by Gasteiger charge is -2.16. The third kappa shape index (κ3) is 3.24. The zero-order chi connectivity index (χ0) is 17.3. The lowest BCUT2D eigenvalue weighted by atomic mass is 10.2. The molecule has 1 aromatic carbocycles. The van der Waals surface area contributed by atoms with Crippen LogP contribution in [0.5, 0.6) is 0 Å². The van der Waals surface area contributed by atoms with Gasteiger partial charge in [0.05, 0.1) is 17.6 Å². The number of fused-ring (bicyclic) bond motifs is 1. The van der Waals surface area contributed by atoms with Crippen molar-refractivity contribution in [3.63, 3.8) is 0 Å². The van der Waals surface area contributed by atoms with Crippen LogP contribution in [0.4, 0.5) is 4.79 Å². The Labute approximate surface area is 140 Å². The number of urea groups is 1. The molecule has 0 aliphatic heterocycles. The van der Waals surface area contributed by atoms with Crippen LogP contribution in [0.1, 0.15) is 22.8 Å². The monoisotopic (exact) mass is 327 g/mol. The second-order valence-electron chi connectivity index (χ2n) is 5.98. The molecule has 0 aliphatic rings. The molecule has 2 heterocycles. The number of aryl methyl sites for hydroxylation is 3. The Balaban J connectivity index is 1.61. The lowest BCUT2D eigenvalue weighted by molar-refractivity contribution is 0.205. The molecule has 0 radical (unpaired) electrons. The second kappa shape index (κ2) is 6.35. The van der Waals surface area contributed by atoms with Gasteiger partial charge in [-0.05, 0) is 31.5 Å². The first-order valence-electron chi connectivity index (χ1n) is 7.77. The van der Waals surface area contributed by atoms with Gasteiger partial charge in [-0.2, -0.15) is 0 Å². The summed E-state index contributed by atoms with van der Waals surface area (Å²) in [5.74, 6) is 1.70. The summed E-state index contributed by atoms with van der Waals surface area (Å²) in [6.45, 7) is 4.66. The van der Waals surface area contributed by atoms with E-state index in [1.807, 2.05) is 49.7 Å². The van der Waals surface area contributed by atoms with E-state index in [9.17, 15) is 4.79 Å². The van der Waals surface area contributed by atoms with Gasteiger partial charge in [0.1, 0.15) is 17.3 Å². The quantitative estimate of drug-likeness (QED) is 0.799. The van der Waals surface area contributed by atoms with Crippen molar-refractivity contribution in [3.05, 3.63) is 47.1 Å². The minimum Gasteiger partial charge on any atom is -0.361 e. The molecule has 1 N–H and O–H groups in total. The highest BCUT2D eigenvalue weighted by atomic mass is 16.5. The zero-order valence-corrected chi connectivity index (χ0v) is 14.3. The summed E-state index contributed by atoms with van der Waals surface area (Å²) < 4.78 is 7.06. The van der Waals surface area contributed by atoms with Crippen molar-refractivity contribution in [2.45, 2.75) is 26.9 Å². The van der Waals surface area contributed by atoms with Gasteiger partial charge in [-0.15, -0.1) is 0 Å². The third-order valence-electron chi connectivity index (χ3n) is 4.04. The molecule has 7 nitrogen and oxygen atoms in total. The van der Waals surface area contributed by atoms with Gasteiger partial charge in [-0.3, -0.25) is 0 Å². The van der Waals surface area contributed by atoms with Crippen LogP contribution in [-0.2, 0) is 20.1 Å². The van der Waals surface area contributed by atoms with Crippen LogP contribution >= 0.6 is 0 Å². The standard InChI is InChI=1S/C17H21N5O2/c1-11-7-14(20-24-11)10-21(3)17(23)18-9-13-5-6-16-15(8-13)19-12(2)22(16)4/h5-8H,9-10H2,1-4H3,(H,18,23). The van der Waals surface area contributed by atoms with Gasteiger partial charge in [-0.25, -0.2) is 9.78 Å². The summed E-state index contributed by atoms with van der Waals surface area (Å²) in [4.78, 5) is 18.3. The number of carbonyl (C=O) groups excluding carboxylic acids is 1. The van der Waals surface area contributed by atoms with Crippen molar-refractivity contribution in [1.29, 1.82) is 0 Å². The fourth-order valence-corrected chi connectivity index (χ4v) is 2.60. The fourth-order valence-electron chi connectivity index (χ4n) is 2.60. The molecule has 2 aromatic heterocycles. The first-order chi connectivity index (χ1) is 11.4. The number of hydrogen-bond donors (Lipinski definition) is 1. The molecule has 2 amide bonds. The largest absolute Gasteiger partial charge is 0.361 e. The van der Waals surface area contributed by atoms with Gasteiger partial charge in [0.2, 0.25) is 0 Å². The first-order valence-corrected chi connectivity index (χ1v) is 7.77. The summed E-state index contributed by atoms with van der Waals surface area (Å²) >= 11 is 0. The van der Waals surface area contributed by atoms with E-state index in [-0.39, 0.29) is 6.03 Å². The molecule has 0 spiro atoms. The minimum atomic E-state index is -0.159. The van der Waals surface area contributed by atoms with Crippen molar-refractivity contribution < 1.29 is 9.32 Å². The number of hydrogen-bond acceptors (Lipinski definition) is 4. The van der Waals surface area contributed by atoms with Crippen LogP contribution in [-0.4, -0.2) is 32.7 Å². The molecule has 24 heavy (non-hydrogen) atoms. The molecule has 126 valence electrons. The number of aromatic nitrogens is 3. The van der Waals surface area contributed by atoms with Gasteiger partial charge in [0, 0.05) is 26.7 Å². The lowest BCUT2D eigenvalue weighted by Crippen LogP contribution is -2.36. The molecule has 0 saturated carbocycles. The number of imidazole rings is 1. The number of carbonyl (C=O) groups is 1. The Hall–Kier alpha value is -2.83. The highest BCUT2D eigenvalue weighted by Gasteiger charge is 2.12. The molecule has 0 bridgehead atoms. The predicted octanol–water partition coefficient (Wildman–Crippen LogP) is 2.52. The van der Waals surface area contributed by atoms with Crippen LogP contribution < -0.4 is 5.32 Å². The Morgan fingerprint density at radius 3 is 2.83 bits per heavy atom. The van der Waals surface area contributed by atoms with Crippen LogP contribution in [0.2, 0.25) is 0 Å². The van der Waals surface area contributed by atoms with E-state index in [2.05, 4.69) is 15.5 Å². The maximum absolute atomic E-state index is 12.2. The van der Waals surface area contributed by atoms with E-state index in [1.165, 1.54) is 0 Å². The maximum Gasteiger partial charge on any atom is 0.317 e. The van der Waals surface area contributed by atoms with E-state index >= 15 is 0 Å². The topological polar surface area (TPSA) is 76.2 Å². The van der Waals surface area contributed by atoms with Gasteiger partial charge in [0.25, 0.3) is 0 Å². The molecule has 0 atom stereocenters. The number of amides is 2. The summed E-state index contributed by atoms with van der Waals surface area (Å²) in [6.07, 6.45) is 0. The Kier molecular flexibility index (Phi) is 4.24. The molecule has 0 fully saturated rings. The normalized spacial score (nSPS) is 11.0. The second-order valence-corrected chi connectivity index (χ2v) is 5.98. The van der Waals surface area contributed by atoms with Crippen molar-refractivity contribution >= 4 is 17.1 Å². The number of benzene rings is 1. The Morgan fingerprint density at radius 1 is 1.33 bits per heavy atom. The van der Waals surface area contributed by atoms with E-state index in [1.54, 1.807) is 11.9 Å². The van der Waals surface area contributed by atoms with E-state index < -0.39 is 0 Å². The number of nitrogens with one attached hydrogen (secondary N) is 1. The van der Waals surface area contributed by atoms with E-state index in [4.69, 9.17) is 4.52 Å². The summed E-state index contributed by atoms with van der Waals surface area (Å²) in [5, 5.41) is 6.80. The van der Waals surface area contributed by atoms with Gasteiger partial charge >= 0.3 is 6.03 Å². The average Bonchev–Trinajstić information content (AvgIpc) is 3.08. The first kappa shape index (κ1) is 16.0. The van der Waals surface area contributed by atoms with Gasteiger partial charge in [-0.1, -0.05) is 11.2 Å². The number of nitrogens with zero attached hydrogens (tertiary/aromatic N) is 4. The highest BCUT2D eigenvalue weighted by Crippen LogP contribution is 2.16. The average molecular weight is 327 g/mol. The van der Waals surface area contributed by atoms with E-state index in [0.29, 0.717) is 13.1 Å². The molecule has 3 aromatic rings. The fraction of sp³-hybridized carbons (Fsp3) is 0.353. The smallest absolute Gasteiger partial charge is 0.317 e. The van der Waals surface area contributed by atoms with Crippen LogP contribution in [0.25, 0.3) is 11.0 Å². The summed E-state index contributed by atoms with van der Waals surface area (Å²) in [5.41, 5.74) is 3.77. The Bertz CT molecular complexity index is 880. The molecule has 0 unspecified atom stereocenters. The van der Waals surface area contributed by atoms with Crippen LogP contribution in [0.3, 0.4) is 0 Å². The van der Waals surface area contributed by atoms with Crippen molar-refractivity contribution in [2.75, 3.05) is 7.05 Å². The van der Waals surface area contributed by atoms with E-state index in [0.717, 1.165) is 33.9 Å². The van der Waals surface area contributed by atoms with Gasteiger partial charge in [0.15, 0.2) is 0 Å². The minimum absolute atomic E-state index is 0.159. The predicted molar refractivity (Wildman–Crippen MR) is 90.4 cm³/mol. The maximum atomic E-state index is 12.2. The van der Waals surface area contributed by atoms with Crippen LogP contribution in [0.15, 0.2) is 28.8 Å². The zero-order valence-electron chi connectivity index (χ0n) is 14.3. The Morgan fingerprint density at radius 2 is 2.12 bits per heavy atom. The highest BCUT2D eigenvalue weighted by molar-refractivity contribution is 5.77. The molecular weight excluding hydrogens is 306 g/mol. The third-order valence-corrected chi connectivity index (χ3v) is 4.04. The number of rotatable bonds is 4. The summed E-state index contributed by atoms with van der Waals surface area (Å²) in [7, 11) is 3.72. The molecule has 3 rings (SSSR count).